The van der Waals surface area contributed by atoms with Gasteiger partial charge in [-0.2, -0.15) is 0 Å². The van der Waals surface area contributed by atoms with Gasteiger partial charge in [0, 0.05) is 65.3 Å². The molecule has 1 radical (unpaired) electrons. The molecule has 0 atom stereocenters. The van der Waals surface area contributed by atoms with Crippen LogP contribution in [-0.2, 0) is 4.57 Å². The van der Waals surface area contributed by atoms with Gasteiger partial charge in [-0.05, 0) is 20.8 Å². The van der Waals surface area contributed by atoms with E-state index in [1.807, 2.05) is 93.6 Å². The average Bonchev–Trinajstić information content (AvgIpc) is 2.56. The maximum Gasteiger partial charge on any atom is 0.171 e. The second-order valence-corrected chi connectivity index (χ2v) is 8.88. The Hall–Kier alpha value is -0.526. The molecule has 3 aromatic carbocycles. The number of rotatable bonds is 3. The molecule has 24 heavy (non-hydrogen) atoms. The normalized spacial score (nSPS) is 11.0. The van der Waals surface area contributed by atoms with Crippen LogP contribution in [0.3, 0.4) is 0 Å². The van der Waals surface area contributed by atoms with E-state index in [2.05, 4.69) is 0 Å². The van der Waals surface area contributed by atoms with Crippen molar-refractivity contribution in [2.24, 2.45) is 0 Å². The van der Waals surface area contributed by atoms with Gasteiger partial charge in [0.1, 0.15) is 0 Å². The van der Waals surface area contributed by atoms with Crippen molar-refractivity contribution in [2.75, 3.05) is 0 Å². The van der Waals surface area contributed by atoms with Crippen LogP contribution < -0.4 is 15.9 Å². The molecule has 0 bridgehead atoms. The van der Waals surface area contributed by atoms with Crippen molar-refractivity contribution in [2.45, 2.75) is 20.8 Å². The predicted molar refractivity (Wildman–Crippen MR) is 100 cm³/mol. The first kappa shape index (κ1) is 19.8. The predicted octanol–water partition coefficient (Wildman–Crippen LogP) is 4.25. The minimum Gasteiger partial charge on any atom is -0.309 e. The van der Waals surface area contributed by atoms with Gasteiger partial charge in [0.2, 0.25) is 0 Å². The first-order chi connectivity index (χ1) is 11.0. The first-order valence-corrected chi connectivity index (χ1v) is 9.52. The molecule has 123 valence electrons. The van der Waals surface area contributed by atoms with Gasteiger partial charge in [-0.1, -0.05) is 89.5 Å². The third-order valence-electron chi connectivity index (χ3n) is 4.19. The van der Waals surface area contributed by atoms with Crippen molar-refractivity contribution in [1.82, 2.24) is 0 Å². The molecule has 0 unspecified atom stereocenters. The molecule has 0 spiro atoms. The SMILES string of the molecule is Cc1ccc(P(=O)(c2ccc(C)cc2)c2ccc(C)cc2)cc1.[Eu]. The van der Waals surface area contributed by atoms with Gasteiger partial charge in [-0.3, -0.25) is 0 Å². The molecule has 0 aliphatic rings. The summed E-state index contributed by atoms with van der Waals surface area (Å²) in [5.41, 5.74) is 3.52. The quantitative estimate of drug-likeness (QED) is 0.521. The van der Waals surface area contributed by atoms with Gasteiger partial charge in [0.15, 0.2) is 7.14 Å². The topological polar surface area (TPSA) is 17.1 Å². The van der Waals surface area contributed by atoms with Crippen LogP contribution in [0.15, 0.2) is 72.8 Å². The number of aryl methyl sites for hydroxylation is 3. The third kappa shape index (κ3) is 3.99. The smallest absolute Gasteiger partial charge is 0.171 e. The van der Waals surface area contributed by atoms with Crippen LogP contribution in [0.4, 0.5) is 0 Å². The van der Waals surface area contributed by atoms with Crippen molar-refractivity contribution in [3.63, 3.8) is 0 Å². The molecule has 3 aromatic rings. The summed E-state index contributed by atoms with van der Waals surface area (Å²) < 4.78 is 14.2. The Balaban J connectivity index is 0.00000208. The minimum atomic E-state index is -2.84. The van der Waals surface area contributed by atoms with Crippen LogP contribution in [0.1, 0.15) is 16.7 Å². The van der Waals surface area contributed by atoms with E-state index >= 15 is 0 Å². The summed E-state index contributed by atoms with van der Waals surface area (Å²) in [6.45, 7) is 6.14. The molecule has 3 rings (SSSR count). The summed E-state index contributed by atoms with van der Waals surface area (Å²) in [7, 11) is -2.84. The molecule has 0 saturated heterocycles. The summed E-state index contributed by atoms with van der Waals surface area (Å²) in [4.78, 5) is 0. The zero-order valence-corrected chi connectivity index (χ0v) is 17.5. The molecule has 0 saturated carbocycles. The Morgan fingerprint density at radius 2 is 0.708 bits per heavy atom. The van der Waals surface area contributed by atoms with E-state index in [1.165, 1.54) is 16.7 Å². The second-order valence-electron chi connectivity index (χ2n) is 6.12. The Kier molecular flexibility index (Phi) is 6.79. The average molecular weight is 472 g/mol. The van der Waals surface area contributed by atoms with Gasteiger partial charge in [0.05, 0.1) is 0 Å². The fourth-order valence-electron chi connectivity index (χ4n) is 2.71. The van der Waals surface area contributed by atoms with E-state index in [0.29, 0.717) is 0 Å². The van der Waals surface area contributed by atoms with Crippen LogP contribution in [0, 0.1) is 70.1 Å². The summed E-state index contributed by atoms with van der Waals surface area (Å²) in [5.74, 6) is 0. The van der Waals surface area contributed by atoms with Gasteiger partial charge in [0.25, 0.3) is 0 Å². The number of benzene rings is 3. The summed E-state index contributed by atoms with van der Waals surface area (Å²) in [6, 6.07) is 24.2. The van der Waals surface area contributed by atoms with Gasteiger partial charge < -0.3 is 4.57 Å². The summed E-state index contributed by atoms with van der Waals surface area (Å²) >= 11 is 0. The minimum absolute atomic E-state index is 0. The van der Waals surface area contributed by atoms with E-state index in [0.717, 1.165) is 15.9 Å². The summed E-state index contributed by atoms with van der Waals surface area (Å²) in [6.07, 6.45) is 0. The molecular weight excluding hydrogens is 451 g/mol. The van der Waals surface area contributed by atoms with E-state index in [9.17, 15) is 4.57 Å². The fraction of sp³-hybridized carbons (Fsp3) is 0.143. The molecule has 0 heterocycles. The first-order valence-electron chi connectivity index (χ1n) is 7.82. The van der Waals surface area contributed by atoms with E-state index in [1.54, 1.807) is 0 Å². The second kappa shape index (κ2) is 8.24. The molecule has 0 amide bonds. The molecule has 0 N–H and O–H groups in total. The Morgan fingerprint density at radius 1 is 0.500 bits per heavy atom. The Morgan fingerprint density at radius 3 is 0.917 bits per heavy atom. The molecular formula is C21H21EuOP. The van der Waals surface area contributed by atoms with Crippen LogP contribution in [0.2, 0.25) is 0 Å². The van der Waals surface area contributed by atoms with Crippen LogP contribution in [0.5, 0.6) is 0 Å². The van der Waals surface area contributed by atoms with E-state index < -0.39 is 7.14 Å². The molecule has 0 fully saturated rings. The summed E-state index contributed by atoms with van der Waals surface area (Å²) in [5, 5.41) is 2.66. The maximum atomic E-state index is 14.2. The van der Waals surface area contributed by atoms with Crippen molar-refractivity contribution in [3.05, 3.63) is 89.5 Å². The van der Waals surface area contributed by atoms with Crippen molar-refractivity contribution >= 4 is 23.1 Å². The molecule has 0 aliphatic heterocycles. The Labute approximate surface area is 185 Å². The number of hydrogen-bond acceptors (Lipinski definition) is 1. The van der Waals surface area contributed by atoms with Crippen molar-refractivity contribution in [3.8, 4) is 0 Å². The molecule has 0 aromatic heterocycles. The van der Waals surface area contributed by atoms with Gasteiger partial charge in [-0.15, -0.1) is 0 Å². The van der Waals surface area contributed by atoms with Crippen molar-refractivity contribution < 1.29 is 53.9 Å². The molecule has 3 heteroatoms. The molecule has 1 nitrogen and oxygen atoms in total. The standard InChI is InChI=1S/C21H21OP.Eu/c1-16-4-10-19(11-5-16)23(22,20-12-6-17(2)7-13-20)21-14-8-18(3)9-15-21;/h4-15H,1-3H3;. The van der Waals surface area contributed by atoms with Crippen LogP contribution in [0.25, 0.3) is 0 Å². The van der Waals surface area contributed by atoms with E-state index in [4.69, 9.17) is 0 Å². The zero-order valence-electron chi connectivity index (χ0n) is 14.2. The van der Waals surface area contributed by atoms with E-state index in [-0.39, 0.29) is 49.4 Å². The van der Waals surface area contributed by atoms with Gasteiger partial charge >= 0.3 is 0 Å². The number of hydrogen-bond donors (Lipinski definition) is 0. The van der Waals surface area contributed by atoms with Crippen LogP contribution in [-0.4, -0.2) is 0 Å². The monoisotopic (exact) mass is 473 g/mol. The largest absolute Gasteiger partial charge is 0.309 e. The maximum absolute atomic E-state index is 14.2. The fourth-order valence-corrected chi connectivity index (χ4v) is 5.31. The Bertz CT molecular complexity index is 732. The van der Waals surface area contributed by atoms with Crippen LogP contribution >= 0.6 is 7.14 Å². The van der Waals surface area contributed by atoms with Crippen molar-refractivity contribution in [1.29, 1.82) is 0 Å². The molecule has 0 aliphatic carbocycles. The van der Waals surface area contributed by atoms with Gasteiger partial charge in [-0.25, -0.2) is 0 Å². The third-order valence-corrected chi connectivity index (χ3v) is 7.27. The zero-order chi connectivity index (χ0) is 16.4.